The molecule has 0 aromatic carbocycles. The maximum atomic E-state index is 12.0. The van der Waals surface area contributed by atoms with Gasteiger partial charge in [0.15, 0.2) is 0 Å². The molecule has 4 nitrogen and oxygen atoms in total. The van der Waals surface area contributed by atoms with Crippen molar-refractivity contribution in [3.63, 3.8) is 0 Å². The summed E-state index contributed by atoms with van der Waals surface area (Å²) in [6.07, 6.45) is -1.09. The third-order valence-electron chi connectivity index (χ3n) is 0.669. The second-order valence-electron chi connectivity index (χ2n) is 1.28. The van der Waals surface area contributed by atoms with Crippen LogP contribution in [0.15, 0.2) is 0 Å². The molecule has 0 bridgehead atoms. The lowest BCUT2D eigenvalue weighted by Crippen LogP contribution is -2.25. The third kappa shape index (κ3) is 2.86. The van der Waals surface area contributed by atoms with Gasteiger partial charge in [0.1, 0.15) is 0 Å². The summed E-state index contributed by atoms with van der Waals surface area (Å²) in [6, 6.07) is 0. The fourth-order valence-corrected chi connectivity index (χ4v) is 0.278. The van der Waals surface area contributed by atoms with Crippen LogP contribution in [0.4, 0.5) is 9.28 Å². The van der Waals surface area contributed by atoms with Crippen molar-refractivity contribution in [2.24, 2.45) is 0 Å². The van der Waals surface area contributed by atoms with Gasteiger partial charge in [0.25, 0.3) is 0 Å². The minimum absolute atomic E-state index is 0.208. The Kier molecular flexibility index (Phi) is 3.70. The number of aliphatic hydroxyl groups excluding tert-OH is 1. The molecular formula is C4H8FNO3. The molecule has 0 aromatic rings. The Morgan fingerprint density at radius 2 is 2.44 bits per heavy atom. The van der Waals surface area contributed by atoms with E-state index in [0.717, 1.165) is 7.11 Å². The largest absolute Gasteiger partial charge is 0.451 e. The number of hydrogen-bond donors (Lipinski definition) is 1. The van der Waals surface area contributed by atoms with Crippen LogP contribution in [0.25, 0.3) is 0 Å². The number of halogens is 1. The first kappa shape index (κ1) is 8.16. The highest BCUT2D eigenvalue weighted by atomic mass is 19.2. The minimum atomic E-state index is -1.09. The van der Waals surface area contributed by atoms with Crippen molar-refractivity contribution in [3.8, 4) is 0 Å². The second kappa shape index (κ2) is 4.08. The topological polar surface area (TPSA) is 49.8 Å². The molecule has 0 saturated heterocycles. The van der Waals surface area contributed by atoms with Crippen molar-refractivity contribution in [2.75, 3.05) is 20.3 Å². The highest BCUT2D eigenvalue weighted by Crippen LogP contribution is 1.90. The molecule has 0 saturated carbocycles. The number of nitrogens with zero attached hydrogens (tertiary/aromatic N) is 1. The fraction of sp³-hybridized carbons (Fsp3) is 0.750. The van der Waals surface area contributed by atoms with Crippen molar-refractivity contribution < 1.29 is 19.1 Å². The van der Waals surface area contributed by atoms with Crippen LogP contribution in [0.5, 0.6) is 0 Å². The molecule has 1 amide bonds. The summed E-state index contributed by atoms with van der Waals surface area (Å²) < 4.78 is 16.0. The van der Waals surface area contributed by atoms with Gasteiger partial charge in [-0.1, -0.05) is 4.48 Å². The van der Waals surface area contributed by atoms with Gasteiger partial charge in [0.05, 0.1) is 20.3 Å². The summed E-state index contributed by atoms with van der Waals surface area (Å²) in [5, 5.41) is 7.88. The zero-order chi connectivity index (χ0) is 7.28. The molecule has 0 aromatic heterocycles. The van der Waals surface area contributed by atoms with E-state index in [9.17, 15) is 9.28 Å². The number of rotatable bonds is 2. The molecular weight excluding hydrogens is 129 g/mol. The number of methoxy groups -OCH3 is 1. The van der Waals surface area contributed by atoms with Crippen LogP contribution in [0.1, 0.15) is 0 Å². The van der Waals surface area contributed by atoms with Crippen LogP contribution in [0, 0.1) is 0 Å². The Balaban J connectivity index is 3.45. The van der Waals surface area contributed by atoms with E-state index in [0.29, 0.717) is 0 Å². The molecule has 0 fully saturated rings. The van der Waals surface area contributed by atoms with E-state index in [4.69, 9.17) is 5.11 Å². The predicted octanol–water partition coefficient (Wildman–Crippen LogP) is -0.0684. The summed E-state index contributed by atoms with van der Waals surface area (Å²) in [4.78, 5) is 10.1. The molecule has 0 aliphatic carbocycles. The Hall–Kier alpha value is -0.840. The lowest BCUT2D eigenvalue weighted by Gasteiger charge is -2.06. The predicted molar refractivity (Wildman–Crippen MR) is 27.3 cm³/mol. The number of carbonyl (C=O) groups is 1. The maximum Gasteiger partial charge on any atom is 0.437 e. The highest BCUT2D eigenvalue weighted by molar-refractivity contribution is 5.65. The first-order chi connectivity index (χ1) is 4.22. The first-order valence-corrected chi connectivity index (χ1v) is 2.34. The van der Waals surface area contributed by atoms with Crippen molar-refractivity contribution in [2.45, 2.75) is 0 Å². The normalized spacial score (nSPS) is 8.78. The van der Waals surface area contributed by atoms with Gasteiger partial charge in [-0.2, -0.15) is 0 Å². The Morgan fingerprint density at radius 1 is 1.89 bits per heavy atom. The Labute approximate surface area is 51.8 Å². The number of amides is 1. The zero-order valence-corrected chi connectivity index (χ0v) is 5.00. The molecule has 0 rings (SSSR count). The van der Waals surface area contributed by atoms with E-state index in [-0.39, 0.29) is 11.7 Å². The van der Waals surface area contributed by atoms with Gasteiger partial charge >= 0.3 is 6.09 Å². The molecule has 0 radical (unpaired) electrons. The van der Waals surface area contributed by atoms with Crippen molar-refractivity contribution in [3.05, 3.63) is 0 Å². The van der Waals surface area contributed by atoms with Gasteiger partial charge in [0, 0.05) is 0 Å². The summed E-state index contributed by atoms with van der Waals surface area (Å²) >= 11 is 0. The SMILES string of the molecule is COC(=O)N(F)CCO. The third-order valence-corrected chi connectivity index (χ3v) is 0.669. The van der Waals surface area contributed by atoms with E-state index in [1.165, 1.54) is 0 Å². The molecule has 0 heterocycles. The fourth-order valence-electron chi connectivity index (χ4n) is 0.278. The summed E-state index contributed by atoms with van der Waals surface area (Å²) in [5.74, 6) is 0. The molecule has 0 aliphatic heterocycles. The Morgan fingerprint density at radius 3 is 2.78 bits per heavy atom. The van der Waals surface area contributed by atoms with E-state index >= 15 is 0 Å². The van der Waals surface area contributed by atoms with E-state index in [1.54, 1.807) is 0 Å². The molecule has 1 N–H and O–H groups in total. The number of carbonyl (C=O) groups excluding carboxylic acids is 1. The van der Waals surface area contributed by atoms with Crippen LogP contribution >= 0.6 is 0 Å². The summed E-state index contributed by atoms with van der Waals surface area (Å²) in [6.45, 7) is -0.766. The Bertz CT molecular complexity index is 97.8. The van der Waals surface area contributed by atoms with Gasteiger partial charge in [-0.3, -0.25) is 0 Å². The van der Waals surface area contributed by atoms with Crippen LogP contribution in [0.3, 0.4) is 0 Å². The lowest BCUT2D eigenvalue weighted by molar-refractivity contribution is 0.00995. The molecule has 5 heteroatoms. The van der Waals surface area contributed by atoms with Crippen LogP contribution in [0.2, 0.25) is 0 Å². The summed E-state index contributed by atoms with van der Waals surface area (Å²) in [7, 11) is 1.06. The quantitative estimate of drug-likeness (QED) is 0.542. The van der Waals surface area contributed by atoms with Crippen LogP contribution in [-0.2, 0) is 4.74 Å². The van der Waals surface area contributed by atoms with Crippen molar-refractivity contribution in [1.29, 1.82) is 0 Å². The second-order valence-corrected chi connectivity index (χ2v) is 1.28. The zero-order valence-electron chi connectivity index (χ0n) is 5.00. The van der Waals surface area contributed by atoms with Gasteiger partial charge in [-0.15, -0.1) is 5.12 Å². The van der Waals surface area contributed by atoms with Crippen molar-refractivity contribution >= 4 is 6.09 Å². The maximum absolute atomic E-state index is 12.0. The first-order valence-electron chi connectivity index (χ1n) is 2.34. The highest BCUT2D eigenvalue weighted by Gasteiger charge is 2.09. The average Bonchev–Trinajstić information content (AvgIpc) is 1.87. The monoisotopic (exact) mass is 137 g/mol. The number of aliphatic hydroxyl groups is 1. The molecule has 0 spiro atoms. The van der Waals surface area contributed by atoms with Gasteiger partial charge in [-0.25, -0.2) is 4.79 Å². The van der Waals surface area contributed by atoms with Gasteiger partial charge < -0.3 is 9.84 Å². The molecule has 54 valence electrons. The van der Waals surface area contributed by atoms with Crippen LogP contribution < -0.4 is 0 Å². The number of hydrogen-bond acceptors (Lipinski definition) is 3. The van der Waals surface area contributed by atoms with Gasteiger partial charge in [0.2, 0.25) is 0 Å². The minimum Gasteiger partial charge on any atom is -0.451 e. The average molecular weight is 137 g/mol. The van der Waals surface area contributed by atoms with E-state index < -0.39 is 12.7 Å². The van der Waals surface area contributed by atoms with Crippen molar-refractivity contribution in [1.82, 2.24) is 5.12 Å². The van der Waals surface area contributed by atoms with Gasteiger partial charge in [-0.05, 0) is 0 Å². The molecule has 0 aliphatic rings. The smallest absolute Gasteiger partial charge is 0.437 e. The summed E-state index contributed by atoms with van der Waals surface area (Å²) in [5.41, 5.74) is 0. The molecule has 9 heavy (non-hydrogen) atoms. The lowest BCUT2D eigenvalue weighted by atomic mass is 10.7. The molecule has 0 unspecified atom stereocenters. The van der Waals surface area contributed by atoms with Crippen LogP contribution in [-0.4, -0.2) is 36.6 Å². The molecule has 0 atom stereocenters. The van der Waals surface area contributed by atoms with E-state index in [1.807, 2.05) is 0 Å². The standard InChI is InChI=1S/C4H8FNO3/c1-9-4(8)6(5)2-3-7/h7H,2-3H2,1H3. The number of ether oxygens (including phenoxy) is 1. The van der Waals surface area contributed by atoms with E-state index in [2.05, 4.69) is 4.74 Å².